The molecule has 0 amide bonds. The molecule has 128 valence electrons. The molecule has 1 heterocycles. The standard InChI is InChI=1S/C18H18N4O2S/c1-3-24-16-11-13(9-10-15(16)23-2)12-19-22-17(20-21-18(22)25)14-7-5-4-6-8-14/h4-12H,3H2,1-2H3,(H,21,25)/b19-12-. The summed E-state index contributed by atoms with van der Waals surface area (Å²) in [6.45, 7) is 2.49. The highest BCUT2D eigenvalue weighted by atomic mass is 32.1. The summed E-state index contributed by atoms with van der Waals surface area (Å²) >= 11 is 5.28. The molecular weight excluding hydrogens is 336 g/mol. The molecule has 7 heteroatoms. The van der Waals surface area contributed by atoms with Crippen LogP contribution in [0.5, 0.6) is 11.5 Å². The maximum atomic E-state index is 5.59. The quantitative estimate of drug-likeness (QED) is 0.539. The molecule has 3 aromatic rings. The molecule has 1 aromatic heterocycles. The predicted octanol–water partition coefficient (Wildman–Crippen LogP) is 3.90. The number of hydrogen-bond acceptors (Lipinski definition) is 5. The molecule has 1 N–H and O–H groups in total. The highest BCUT2D eigenvalue weighted by molar-refractivity contribution is 7.71. The fourth-order valence-corrected chi connectivity index (χ4v) is 2.52. The van der Waals surface area contributed by atoms with Gasteiger partial charge in [-0.1, -0.05) is 30.3 Å². The van der Waals surface area contributed by atoms with Crippen LogP contribution in [0.4, 0.5) is 0 Å². The predicted molar refractivity (Wildman–Crippen MR) is 100 cm³/mol. The normalized spacial score (nSPS) is 11.0. The second kappa shape index (κ2) is 7.76. The van der Waals surface area contributed by atoms with E-state index in [9.17, 15) is 0 Å². The van der Waals surface area contributed by atoms with Crippen molar-refractivity contribution >= 4 is 18.4 Å². The number of rotatable bonds is 6. The van der Waals surface area contributed by atoms with E-state index in [1.165, 1.54) is 0 Å². The molecule has 0 fully saturated rings. The molecule has 0 aliphatic rings. The fraction of sp³-hybridized carbons (Fsp3) is 0.167. The Kier molecular flexibility index (Phi) is 5.25. The zero-order valence-electron chi connectivity index (χ0n) is 14.0. The summed E-state index contributed by atoms with van der Waals surface area (Å²) in [5.74, 6) is 2.01. The minimum Gasteiger partial charge on any atom is -0.493 e. The van der Waals surface area contributed by atoms with Crippen LogP contribution in [0.1, 0.15) is 12.5 Å². The number of H-pyrrole nitrogens is 1. The van der Waals surface area contributed by atoms with Gasteiger partial charge in [0, 0.05) is 5.56 Å². The van der Waals surface area contributed by atoms with Gasteiger partial charge in [-0.3, -0.25) is 0 Å². The average molecular weight is 354 g/mol. The monoisotopic (exact) mass is 354 g/mol. The van der Waals surface area contributed by atoms with Gasteiger partial charge in [0.25, 0.3) is 0 Å². The molecule has 0 unspecified atom stereocenters. The highest BCUT2D eigenvalue weighted by Crippen LogP contribution is 2.27. The van der Waals surface area contributed by atoms with Crippen molar-refractivity contribution in [3.63, 3.8) is 0 Å². The van der Waals surface area contributed by atoms with Gasteiger partial charge in [-0.15, -0.1) is 0 Å². The van der Waals surface area contributed by atoms with Gasteiger partial charge in [0.05, 0.1) is 19.9 Å². The molecule has 0 atom stereocenters. The lowest BCUT2D eigenvalue weighted by molar-refractivity contribution is 0.311. The van der Waals surface area contributed by atoms with Gasteiger partial charge in [0.15, 0.2) is 17.3 Å². The molecule has 0 bridgehead atoms. The van der Waals surface area contributed by atoms with E-state index in [4.69, 9.17) is 21.7 Å². The number of nitrogens with zero attached hydrogens (tertiary/aromatic N) is 3. The Morgan fingerprint density at radius 3 is 2.72 bits per heavy atom. The number of aromatic nitrogens is 3. The Balaban J connectivity index is 1.94. The molecule has 3 rings (SSSR count). The lowest BCUT2D eigenvalue weighted by Crippen LogP contribution is -1.98. The van der Waals surface area contributed by atoms with Crippen LogP contribution < -0.4 is 9.47 Å². The summed E-state index contributed by atoms with van der Waals surface area (Å²) in [4.78, 5) is 0. The fourth-order valence-electron chi connectivity index (χ4n) is 2.34. The Hall–Kier alpha value is -2.93. The van der Waals surface area contributed by atoms with Gasteiger partial charge in [0.1, 0.15) is 0 Å². The van der Waals surface area contributed by atoms with Gasteiger partial charge < -0.3 is 9.47 Å². The zero-order chi connectivity index (χ0) is 17.6. The molecule has 6 nitrogen and oxygen atoms in total. The lowest BCUT2D eigenvalue weighted by atomic mass is 10.2. The molecule has 0 spiro atoms. The van der Waals surface area contributed by atoms with Gasteiger partial charge in [0.2, 0.25) is 4.77 Å². The third kappa shape index (κ3) is 3.77. The maximum Gasteiger partial charge on any atom is 0.216 e. The highest BCUT2D eigenvalue weighted by Gasteiger charge is 2.08. The van der Waals surface area contributed by atoms with Crippen LogP contribution in [-0.2, 0) is 0 Å². The summed E-state index contributed by atoms with van der Waals surface area (Å²) in [5, 5.41) is 11.5. The van der Waals surface area contributed by atoms with Crippen LogP contribution in [-0.4, -0.2) is 34.8 Å². The average Bonchev–Trinajstić information content (AvgIpc) is 3.02. The third-order valence-electron chi connectivity index (χ3n) is 3.49. The van der Waals surface area contributed by atoms with E-state index in [2.05, 4.69) is 15.3 Å². The van der Waals surface area contributed by atoms with Crippen molar-refractivity contribution in [3.8, 4) is 22.9 Å². The molecule has 0 saturated heterocycles. The molecule has 25 heavy (non-hydrogen) atoms. The largest absolute Gasteiger partial charge is 0.493 e. The van der Waals surface area contributed by atoms with E-state index in [-0.39, 0.29) is 0 Å². The second-order valence-corrected chi connectivity index (χ2v) is 5.50. The number of aromatic amines is 1. The first-order chi connectivity index (χ1) is 12.2. The Labute approximate surface area is 150 Å². The molecule has 0 radical (unpaired) electrons. The van der Waals surface area contributed by atoms with E-state index in [1.54, 1.807) is 18.0 Å². The zero-order valence-corrected chi connectivity index (χ0v) is 14.8. The SMILES string of the molecule is CCOc1cc(/C=N\n2c(-c3ccccc3)n[nH]c2=S)ccc1OC. The summed E-state index contributed by atoms with van der Waals surface area (Å²) in [7, 11) is 1.61. The Morgan fingerprint density at radius 2 is 2.00 bits per heavy atom. The number of nitrogens with one attached hydrogen (secondary N) is 1. The lowest BCUT2D eigenvalue weighted by Gasteiger charge is -2.09. The second-order valence-electron chi connectivity index (χ2n) is 5.12. The number of ether oxygens (including phenoxy) is 2. The first-order valence-electron chi connectivity index (χ1n) is 7.81. The van der Waals surface area contributed by atoms with E-state index in [0.29, 0.717) is 28.7 Å². The van der Waals surface area contributed by atoms with Crippen LogP contribution >= 0.6 is 12.2 Å². The minimum atomic E-state index is 0.425. The van der Waals surface area contributed by atoms with Gasteiger partial charge in [-0.05, 0) is 42.9 Å². The number of hydrogen-bond donors (Lipinski definition) is 1. The topological polar surface area (TPSA) is 64.4 Å². The summed E-state index contributed by atoms with van der Waals surface area (Å²) in [6.07, 6.45) is 1.71. The first kappa shape index (κ1) is 16.9. The van der Waals surface area contributed by atoms with Crippen molar-refractivity contribution in [2.75, 3.05) is 13.7 Å². The Bertz CT molecular complexity index is 932. The van der Waals surface area contributed by atoms with Crippen molar-refractivity contribution in [1.82, 2.24) is 14.9 Å². The smallest absolute Gasteiger partial charge is 0.216 e. The maximum absolute atomic E-state index is 5.59. The van der Waals surface area contributed by atoms with E-state index >= 15 is 0 Å². The summed E-state index contributed by atoms with van der Waals surface area (Å²) in [6, 6.07) is 15.4. The van der Waals surface area contributed by atoms with Crippen LogP contribution in [0.25, 0.3) is 11.4 Å². The molecule has 0 saturated carbocycles. The van der Waals surface area contributed by atoms with Gasteiger partial charge in [-0.25, -0.2) is 5.10 Å². The number of benzene rings is 2. The van der Waals surface area contributed by atoms with E-state index in [0.717, 1.165) is 11.1 Å². The molecule has 2 aromatic carbocycles. The van der Waals surface area contributed by atoms with Crippen molar-refractivity contribution < 1.29 is 9.47 Å². The van der Waals surface area contributed by atoms with Gasteiger partial charge >= 0.3 is 0 Å². The van der Waals surface area contributed by atoms with Crippen LogP contribution in [0.2, 0.25) is 0 Å². The van der Waals surface area contributed by atoms with Crippen molar-refractivity contribution in [2.24, 2.45) is 5.10 Å². The number of methoxy groups -OCH3 is 1. The Morgan fingerprint density at radius 1 is 1.20 bits per heavy atom. The van der Waals surface area contributed by atoms with Crippen LogP contribution in [0, 0.1) is 4.77 Å². The van der Waals surface area contributed by atoms with E-state index < -0.39 is 0 Å². The summed E-state index contributed by atoms with van der Waals surface area (Å²) in [5.41, 5.74) is 1.79. The van der Waals surface area contributed by atoms with Crippen LogP contribution in [0.15, 0.2) is 53.6 Å². The van der Waals surface area contributed by atoms with Gasteiger partial charge in [-0.2, -0.15) is 14.9 Å². The van der Waals surface area contributed by atoms with Crippen molar-refractivity contribution in [3.05, 3.63) is 58.9 Å². The molecule has 0 aliphatic carbocycles. The third-order valence-corrected chi connectivity index (χ3v) is 3.76. The molecule has 0 aliphatic heterocycles. The molecular formula is C18H18N4O2S. The van der Waals surface area contributed by atoms with E-state index in [1.807, 2.05) is 55.5 Å². The van der Waals surface area contributed by atoms with Crippen molar-refractivity contribution in [1.29, 1.82) is 0 Å². The first-order valence-corrected chi connectivity index (χ1v) is 8.21. The van der Waals surface area contributed by atoms with Crippen molar-refractivity contribution in [2.45, 2.75) is 6.92 Å². The summed E-state index contributed by atoms with van der Waals surface area (Å²) < 4.78 is 12.9. The van der Waals surface area contributed by atoms with Crippen LogP contribution in [0.3, 0.4) is 0 Å². The minimum absolute atomic E-state index is 0.425.